The average Bonchev–Trinajstić information content (AvgIpc) is 3.24. The first-order valence-electron chi connectivity index (χ1n) is 9.96. The summed E-state index contributed by atoms with van der Waals surface area (Å²) in [6.45, 7) is 5.65. The van der Waals surface area contributed by atoms with Crippen LogP contribution in [0, 0.1) is 19.8 Å². The van der Waals surface area contributed by atoms with Gasteiger partial charge in [0.2, 0.25) is 0 Å². The lowest BCUT2D eigenvalue weighted by molar-refractivity contribution is 0.0764. The molecule has 1 N–H and O–H groups in total. The average molecular weight is 390 g/mol. The smallest absolute Gasteiger partial charge is 0.253 e. The third-order valence-corrected chi connectivity index (χ3v) is 5.58. The highest BCUT2D eigenvalue weighted by Crippen LogP contribution is 2.23. The molecular weight excluding hydrogens is 364 g/mol. The minimum atomic E-state index is -0.502. The van der Waals surface area contributed by atoms with Gasteiger partial charge in [0.15, 0.2) is 0 Å². The van der Waals surface area contributed by atoms with Gasteiger partial charge < -0.3 is 10.0 Å². The number of carbonyl (C=O) groups is 1. The zero-order chi connectivity index (χ0) is 20.4. The molecule has 150 valence electrons. The van der Waals surface area contributed by atoms with E-state index < -0.39 is 6.10 Å². The number of hydrogen-bond acceptors (Lipinski definition) is 4. The van der Waals surface area contributed by atoms with Crippen LogP contribution in [0.15, 0.2) is 54.9 Å². The molecule has 0 bridgehead atoms. The minimum Gasteiger partial charge on any atom is -0.391 e. The normalized spacial score (nSPS) is 18.9. The molecule has 0 aliphatic carbocycles. The summed E-state index contributed by atoms with van der Waals surface area (Å²) in [4.78, 5) is 18.7. The zero-order valence-electron chi connectivity index (χ0n) is 16.8. The van der Waals surface area contributed by atoms with E-state index in [0.29, 0.717) is 25.2 Å². The fourth-order valence-electron chi connectivity index (χ4n) is 3.99. The van der Waals surface area contributed by atoms with Gasteiger partial charge in [-0.1, -0.05) is 12.1 Å². The Morgan fingerprint density at radius 2 is 1.79 bits per heavy atom. The van der Waals surface area contributed by atoms with Crippen LogP contribution in [0.25, 0.3) is 0 Å². The maximum absolute atomic E-state index is 12.9. The van der Waals surface area contributed by atoms with Crippen molar-refractivity contribution in [2.24, 2.45) is 5.92 Å². The van der Waals surface area contributed by atoms with Crippen LogP contribution in [-0.4, -0.2) is 49.9 Å². The standard InChI is InChI=1S/C23H26N4O2/c1-16-11-17(2)27(25-16)13-19-3-5-20(6-4-19)23(29)26-14-21(22(28)15-26)12-18-7-9-24-10-8-18/h3-11,21-22,28H,12-15H2,1-2H3/t21-,22+/m1/s1. The Balaban J connectivity index is 1.40. The highest BCUT2D eigenvalue weighted by atomic mass is 16.3. The van der Waals surface area contributed by atoms with Gasteiger partial charge in [-0.15, -0.1) is 0 Å². The highest BCUT2D eigenvalue weighted by molar-refractivity contribution is 5.94. The number of rotatable bonds is 5. The number of benzene rings is 1. The van der Waals surface area contributed by atoms with Gasteiger partial charge in [-0.05, 0) is 61.7 Å². The van der Waals surface area contributed by atoms with Gasteiger partial charge in [0, 0.05) is 42.7 Å². The van der Waals surface area contributed by atoms with Crippen LogP contribution in [-0.2, 0) is 13.0 Å². The van der Waals surface area contributed by atoms with E-state index in [9.17, 15) is 9.90 Å². The fraction of sp³-hybridized carbons (Fsp3) is 0.348. The molecule has 1 aromatic carbocycles. The van der Waals surface area contributed by atoms with Crippen LogP contribution in [0.4, 0.5) is 0 Å². The molecule has 1 aliphatic heterocycles. The number of carbonyl (C=O) groups excluding carboxylic acids is 1. The van der Waals surface area contributed by atoms with Crippen molar-refractivity contribution in [3.63, 3.8) is 0 Å². The molecule has 0 radical (unpaired) electrons. The Morgan fingerprint density at radius 3 is 2.45 bits per heavy atom. The molecule has 6 heteroatoms. The maximum atomic E-state index is 12.9. The number of nitrogens with zero attached hydrogens (tertiary/aromatic N) is 4. The number of amides is 1. The van der Waals surface area contributed by atoms with Crippen molar-refractivity contribution < 1.29 is 9.90 Å². The molecule has 0 unspecified atom stereocenters. The highest BCUT2D eigenvalue weighted by Gasteiger charge is 2.34. The fourth-order valence-corrected chi connectivity index (χ4v) is 3.99. The van der Waals surface area contributed by atoms with Gasteiger partial charge in [-0.25, -0.2) is 0 Å². The lowest BCUT2D eigenvalue weighted by atomic mass is 9.97. The SMILES string of the molecule is Cc1cc(C)n(Cc2ccc(C(=O)N3C[C@@H](Cc4ccncc4)[C@@H](O)C3)cc2)n1. The predicted octanol–water partition coefficient (Wildman–Crippen LogP) is 2.62. The predicted molar refractivity (Wildman–Crippen MR) is 111 cm³/mol. The molecular formula is C23H26N4O2. The number of aliphatic hydroxyl groups excluding tert-OH is 1. The number of aliphatic hydroxyl groups is 1. The van der Waals surface area contributed by atoms with E-state index in [2.05, 4.69) is 16.1 Å². The van der Waals surface area contributed by atoms with Gasteiger partial charge in [-0.3, -0.25) is 14.5 Å². The van der Waals surface area contributed by atoms with Crippen molar-refractivity contribution in [3.05, 3.63) is 82.9 Å². The molecule has 4 rings (SSSR count). The van der Waals surface area contributed by atoms with Crippen molar-refractivity contribution in [1.29, 1.82) is 0 Å². The van der Waals surface area contributed by atoms with E-state index in [-0.39, 0.29) is 11.8 Å². The van der Waals surface area contributed by atoms with E-state index >= 15 is 0 Å². The van der Waals surface area contributed by atoms with Crippen molar-refractivity contribution >= 4 is 5.91 Å². The quantitative estimate of drug-likeness (QED) is 0.727. The summed E-state index contributed by atoms with van der Waals surface area (Å²) >= 11 is 0. The van der Waals surface area contributed by atoms with Gasteiger partial charge >= 0.3 is 0 Å². The number of likely N-dealkylation sites (tertiary alicyclic amines) is 1. The molecule has 29 heavy (non-hydrogen) atoms. The molecule has 1 fully saturated rings. The summed E-state index contributed by atoms with van der Waals surface area (Å²) in [5.74, 6) is 0.0191. The summed E-state index contributed by atoms with van der Waals surface area (Å²) in [5, 5.41) is 14.9. The molecule has 1 saturated heterocycles. The summed E-state index contributed by atoms with van der Waals surface area (Å²) in [7, 11) is 0. The Morgan fingerprint density at radius 1 is 1.07 bits per heavy atom. The minimum absolute atomic E-state index is 0.0288. The molecule has 3 aromatic rings. The van der Waals surface area contributed by atoms with Crippen LogP contribution in [0.3, 0.4) is 0 Å². The van der Waals surface area contributed by atoms with E-state index in [0.717, 1.165) is 28.9 Å². The molecule has 0 saturated carbocycles. The summed E-state index contributed by atoms with van der Waals surface area (Å²) in [5.41, 5.74) is 5.01. The first-order valence-corrected chi connectivity index (χ1v) is 9.96. The Hall–Kier alpha value is -2.99. The molecule has 2 atom stereocenters. The van der Waals surface area contributed by atoms with Gasteiger partial charge in [0.1, 0.15) is 0 Å². The van der Waals surface area contributed by atoms with E-state index in [1.165, 1.54) is 0 Å². The second-order valence-electron chi connectivity index (χ2n) is 7.88. The lowest BCUT2D eigenvalue weighted by Gasteiger charge is -2.16. The first-order chi connectivity index (χ1) is 14.0. The second-order valence-corrected chi connectivity index (χ2v) is 7.88. The molecule has 1 aliphatic rings. The lowest BCUT2D eigenvalue weighted by Crippen LogP contribution is -2.29. The van der Waals surface area contributed by atoms with Crippen LogP contribution < -0.4 is 0 Å². The van der Waals surface area contributed by atoms with Gasteiger partial charge in [0.25, 0.3) is 5.91 Å². The van der Waals surface area contributed by atoms with Gasteiger partial charge in [-0.2, -0.15) is 5.10 Å². The largest absolute Gasteiger partial charge is 0.391 e. The van der Waals surface area contributed by atoms with Crippen LogP contribution >= 0.6 is 0 Å². The van der Waals surface area contributed by atoms with Crippen molar-refractivity contribution in [3.8, 4) is 0 Å². The number of pyridine rings is 1. The number of β-amino-alcohol motifs (C(OH)–C–C–N with tert-alkyl or cyclic N) is 1. The molecule has 0 spiro atoms. The monoisotopic (exact) mass is 390 g/mol. The molecule has 6 nitrogen and oxygen atoms in total. The van der Waals surface area contributed by atoms with E-state index in [1.54, 1.807) is 17.3 Å². The number of aromatic nitrogens is 3. The number of aryl methyl sites for hydroxylation is 2. The second kappa shape index (κ2) is 8.17. The zero-order valence-corrected chi connectivity index (χ0v) is 16.8. The van der Waals surface area contributed by atoms with Crippen LogP contribution in [0.2, 0.25) is 0 Å². The Labute approximate surface area is 170 Å². The van der Waals surface area contributed by atoms with Crippen LogP contribution in [0.1, 0.15) is 32.9 Å². The molecule has 2 aromatic heterocycles. The summed E-state index contributed by atoms with van der Waals surface area (Å²) in [6, 6.07) is 13.7. The van der Waals surface area contributed by atoms with Crippen molar-refractivity contribution in [2.75, 3.05) is 13.1 Å². The Bertz CT molecular complexity index is 982. The van der Waals surface area contributed by atoms with Crippen molar-refractivity contribution in [2.45, 2.75) is 32.9 Å². The van der Waals surface area contributed by atoms with Crippen molar-refractivity contribution in [1.82, 2.24) is 19.7 Å². The number of hydrogen-bond donors (Lipinski definition) is 1. The maximum Gasteiger partial charge on any atom is 0.253 e. The van der Waals surface area contributed by atoms with Crippen LogP contribution in [0.5, 0.6) is 0 Å². The Kier molecular flexibility index (Phi) is 5.45. The molecule has 3 heterocycles. The third kappa shape index (κ3) is 4.38. The van der Waals surface area contributed by atoms with Gasteiger partial charge in [0.05, 0.1) is 18.3 Å². The molecule has 1 amide bonds. The summed E-state index contributed by atoms with van der Waals surface area (Å²) < 4.78 is 1.96. The first kappa shape index (κ1) is 19.3. The van der Waals surface area contributed by atoms with E-state index in [1.807, 2.05) is 54.9 Å². The topological polar surface area (TPSA) is 71.2 Å². The third-order valence-electron chi connectivity index (χ3n) is 5.58. The van der Waals surface area contributed by atoms with E-state index in [4.69, 9.17) is 0 Å². The summed E-state index contributed by atoms with van der Waals surface area (Å²) in [6.07, 6.45) is 3.76.